The number of aromatic nitrogens is 5. The molecule has 77 heavy (non-hydrogen) atoms. The molecule has 17 rings (SSSR count). The van der Waals surface area contributed by atoms with Gasteiger partial charge in [-0.05, 0) is 137 Å². The van der Waals surface area contributed by atoms with Crippen molar-refractivity contribution in [3.05, 3.63) is 283 Å². The van der Waals surface area contributed by atoms with Crippen LogP contribution in [-0.4, -0.2) is 23.7 Å². The first-order valence-electron chi connectivity index (χ1n) is 26.3. The SMILES string of the molecule is c1ccc(-n2c3ccccc3c3cc(-c4cccc5c4Oc4ccc(-c6ccc7c(c6)c6ccccc6n7-c6ccc(-n7c8ccccc8c8ccccc87)cc6)cc4C54c5cccnc5-c5ncccc54)ccc32)cc1. The molecule has 0 fully saturated rings. The van der Waals surface area contributed by atoms with Crippen molar-refractivity contribution in [1.29, 1.82) is 0 Å². The molecule has 0 saturated heterocycles. The minimum atomic E-state index is -0.777. The topological polar surface area (TPSA) is 49.8 Å². The fourth-order valence-corrected chi connectivity index (χ4v) is 13.4. The Balaban J connectivity index is 0.822. The Kier molecular flexibility index (Phi) is 8.67. The summed E-state index contributed by atoms with van der Waals surface area (Å²) in [4.78, 5) is 10.1. The summed E-state index contributed by atoms with van der Waals surface area (Å²) in [7, 11) is 0. The highest BCUT2D eigenvalue weighted by atomic mass is 16.5. The maximum absolute atomic E-state index is 7.35. The molecule has 1 aliphatic carbocycles. The second-order valence-electron chi connectivity index (χ2n) is 20.4. The zero-order chi connectivity index (χ0) is 50.3. The number of benzene rings is 10. The predicted molar refractivity (Wildman–Crippen MR) is 313 cm³/mol. The summed E-state index contributed by atoms with van der Waals surface area (Å²) in [6.45, 7) is 0. The van der Waals surface area contributed by atoms with Gasteiger partial charge in [0, 0.05) is 78.5 Å². The molecule has 0 radical (unpaired) electrons. The third-order valence-electron chi connectivity index (χ3n) is 16.6. The van der Waals surface area contributed by atoms with Crippen LogP contribution in [0.25, 0.3) is 116 Å². The Morgan fingerprint density at radius 1 is 0.299 bits per heavy atom. The standard InChI is InChI=1S/C71H43N5O/c1-2-15-47(16-3-1)74-63-27-10-7-20-54(63)56-42-46(30-37-66(56)74)50-21-12-22-59-70(50)77-67-38-31-45(43-60(67)71(59)57-23-13-39-72-68(57)69-58(71)24-14-40-73-69)44-29-36-65-55(41-44)53-19-6-11-28-64(53)76(65)49-34-32-48(33-35-49)75-61-25-8-4-17-51(61)52-18-5-9-26-62(52)75/h1-43H. The molecule has 0 amide bonds. The van der Waals surface area contributed by atoms with Crippen molar-refractivity contribution in [2.75, 3.05) is 0 Å². The molecule has 10 aromatic carbocycles. The van der Waals surface area contributed by atoms with E-state index in [2.05, 4.69) is 262 Å². The summed E-state index contributed by atoms with van der Waals surface area (Å²) < 4.78 is 14.5. The van der Waals surface area contributed by atoms with Gasteiger partial charge in [0.05, 0.1) is 49.9 Å². The molecule has 0 bridgehead atoms. The van der Waals surface area contributed by atoms with Gasteiger partial charge in [0.1, 0.15) is 11.5 Å². The van der Waals surface area contributed by atoms with Crippen LogP contribution in [0.1, 0.15) is 22.3 Å². The van der Waals surface area contributed by atoms with Gasteiger partial charge in [-0.2, -0.15) is 0 Å². The highest BCUT2D eigenvalue weighted by Crippen LogP contribution is 2.63. The summed E-state index contributed by atoms with van der Waals surface area (Å²) in [5, 5.41) is 7.30. The molecule has 1 aliphatic heterocycles. The number of fused-ring (bicyclic) bond motifs is 18. The quantitative estimate of drug-likeness (QED) is 0.173. The zero-order valence-corrected chi connectivity index (χ0v) is 41.5. The van der Waals surface area contributed by atoms with E-state index in [1.165, 1.54) is 48.9 Å². The molecule has 358 valence electrons. The first-order chi connectivity index (χ1) is 38.2. The lowest BCUT2D eigenvalue weighted by Crippen LogP contribution is -2.32. The zero-order valence-electron chi connectivity index (χ0n) is 41.5. The lowest BCUT2D eigenvalue weighted by Gasteiger charge is -2.40. The molecule has 6 heteroatoms. The number of hydrogen-bond acceptors (Lipinski definition) is 3. The molecule has 6 nitrogen and oxygen atoms in total. The first kappa shape index (κ1) is 42.1. The van der Waals surface area contributed by atoms with E-state index in [1.807, 2.05) is 12.4 Å². The molecule has 6 heterocycles. The van der Waals surface area contributed by atoms with Crippen LogP contribution in [-0.2, 0) is 5.41 Å². The van der Waals surface area contributed by atoms with E-state index in [1.54, 1.807) is 0 Å². The molecule has 0 atom stereocenters. The van der Waals surface area contributed by atoms with Crippen molar-refractivity contribution in [2.24, 2.45) is 0 Å². The maximum Gasteiger partial charge on any atom is 0.140 e. The normalized spacial score (nSPS) is 13.1. The summed E-state index contributed by atoms with van der Waals surface area (Å²) >= 11 is 0. The van der Waals surface area contributed by atoms with Crippen LogP contribution in [0.4, 0.5) is 0 Å². The maximum atomic E-state index is 7.35. The highest BCUT2D eigenvalue weighted by molar-refractivity contribution is 6.12. The van der Waals surface area contributed by atoms with Crippen LogP contribution in [0.2, 0.25) is 0 Å². The van der Waals surface area contributed by atoms with Gasteiger partial charge in [-0.15, -0.1) is 0 Å². The van der Waals surface area contributed by atoms with Crippen LogP contribution < -0.4 is 4.74 Å². The number of rotatable bonds is 5. The summed E-state index contributed by atoms with van der Waals surface area (Å²) in [6.07, 6.45) is 3.77. The fourth-order valence-electron chi connectivity index (χ4n) is 13.4. The van der Waals surface area contributed by atoms with Crippen LogP contribution in [0.3, 0.4) is 0 Å². The molecule has 0 unspecified atom stereocenters. The number of nitrogens with zero attached hydrogens (tertiary/aromatic N) is 5. The Bertz CT molecular complexity index is 4860. The lowest BCUT2D eigenvalue weighted by atomic mass is 9.65. The minimum Gasteiger partial charge on any atom is -0.456 e. The van der Waals surface area contributed by atoms with E-state index in [9.17, 15) is 0 Å². The van der Waals surface area contributed by atoms with Gasteiger partial charge >= 0.3 is 0 Å². The van der Waals surface area contributed by atoms with Crippen LogP contribution in [0, 0.1) is 0 Å². The third-order valence-corrected chi connectivity index (χ3v) is 16.6. The summed E-state index contributed by atoms with van der Waals surface area (Å²) in [6, 6.07) is 90.3. The number of hydrogen-bond donors (Lipinski definition) is 0. The molecule has 2 aliphatic rings. The van der Waals surface area contributed by atoms with Crippen molar-refractivity contribution >= 4 is 65.4 Å². The van der Waals surface area contributed by atoms with E-state index in [-0.39, 0.29) is 0 Å². The molecular formula is C71H43N5O. The highest BCUT2D eigenvalue weighted by Gasteiger charge is 2.53. The molecular weight excluding hydrogens is 939 g/mol. The van der Waals surface area contributed by atoms with E-state index in [4.69, 9.17) is 14.7 Å². The molecule has 1 spiro atoms. The fraction of sp³-hybridized carbons (Fsp3) is 0.0141. The summed E-state index contributed by atoms with van der Waals surface area (Å²) in [5.74, 6) is 1.65. The Morgan fingerprint density at radius 3 is 1.29 bits per heavy atom. The third kappa shape index (κ3) is 5.78. The van der Waals surface area contributed by atoms with E-state index < -0.39 is 5.41 Å². The Morgan fingerprint density at radius 2 is 0.727 bits per heavy atom. The van der Waals surface area contributed by atoms with Gasteiger partial charge < -0.3 is 18.4 Å². The largest absolute Gasteiger partial charge is 0.456 e. The first-order valence-corrected chi connectivity index (χ1v) is 26.3. The molecule has 0 N–H and O–H groups in total. The Labute approximate surface area is 442 Å². The minimum absolute atomic E-state index is 0.777. The number of para-hydroxylation sites is 6. The average molecular weight is 982 g/mol. The smallest absolute Gasteiger partial charge is 0.140 e. The van der Waals surface area contributed by atoms with Gasteiger partial charge in [-0.25, -0.2) is 0 Å². The molecule has 0 saturated carbocycles. The van der Waals surface area contributed by atoms with Gasteiger partial charge in [0.2, 0.25) is 0 Å². The average Bonchev–Trinajstić information content (AvgIpc) is 4.43. The number of ether oxygens (including phenoxy) is 1. The lowest BCUT2D eigenvalue weighted by molar-refractivity contribution is 0.438. The van der Waals surface area contributed by atoms with Crippen LogP contribution in [0.5, 0.6) is 11.5 Å². The van der Waals surface area contributed by atoms with E-state index in [0.29, 0.717) is 0 Å². The van der Waals surface area contributed by atoms with Crippen LogP contribution in [0.15, 0.2) is 261 Å². The molecule has 15 aromatic rings. The van der Waals surface area contributed by atoms with Gasteiger partial charge in [0.25, 0.3) is 0 Å². The second-order valence-corrected chi connectivity index (χ2v) is 20.4. The summed E-state index contributed by atoms with van der Waals surface area (Å²) in [5.41, 5.74) is 20.1. The van der Waals surface area contributed by atoms with Crippen molar-refractivity contribution in [1.82, 2.24) is 23.7 Å². The van der Waals surface area contributed by atoms with E-state index >= 15 is 0 Å². The molecule has 5 aromatic heterocycles. The van der Waals surface area contributed by atoms with Crippen molar-refractivity contribution in [3.8, 4) is 62.2 Å². The van der Waals surface area contributed by atoms with Gasteiger partial charge in [-0.3, -0.25) is 9.97 Å². The van der Waals surface area contributed by atoms with Gasteiger partial charge in [0.15, 0.2) is 0 Å². The van der Waals surface area contributed by atoms with Gasteiger partial charge in [-0.1, -0.05) is 140 Å². The Hall–Kier alpha value is -10.3. The van der Waals surface area contributed by atoms with Crippen molar-refractivity contribution < 1.29 is 4.74 Å². The monoisotopic (exact) mass is 981 g/mol. The van der Waals surface area contributed by atoms with Crippen molar-refractivity contribution in [2.45, 2.75) is 5.41 Å². The van der Waals surface area contributed by atoms with E-state index in [0.717, 1.165) is 101 Å². The second kappa shape index (κ2) is 15.9. The van der Waals surface area contributed by atoms with Crippen LogP contribution >= 0.6 is 0 Å². The predicted octanol–water partition coefficient (Wildman–Crippen LogP) is 17.6. The van der Waals surface area contributed by atoms with Crippen molar-refractivity contribution in [3.63, 3.8) is 0 Å². The number of pyridine rings is 2.